The van der Waals surface area contributed by atoms with Crippen LogP contribution in [0.5, 0.6) is 0 Å². The van der Waals surface area contributed by atoms with Crippen LogP contribution in [0.1, 0.15) is 0 Å². The molecule has 0 N–H and O–H groups in total. The third-order valence-electron chi connectivity index (χ3n) is 10.2. The van der Waals surface area contributed by atoms with E-state index in [9.17, 15) is 0 Å². The molecule has 0 nitrogen and oxygen atoms in total. The average molecular weight is 607 g/mol. The smallest absolute Gasteiger partial charge is 0.00261 e. The van der Waals surface area contributed by atoms with Gasteiger partial charge in [0.2, 0.25) is 0 Å². The first-order valence-corrected chi connectivity index (χ1v) is 16.7. The van der Waals surface area contributed by atoms with Crippen molar-refractivity contribution in [3.05, 3.63) is 182 Å². The predicted octanol–water partition coefficient (Wildman–Crippen LogP) is 13.6. The third-order valence-corrected chi connectivity index (χ3v) is 10.2. The molecular weight excluding hydrogens is 577 g/mol. The average Bonchev–Trinajstić information content (AvgIpc) is 3.16. The number of hydrogen-bond acceptors (Lipinski definition) is 0. The van der Waals surface area contributed by atoms with E-state index in [1.54, 1.807) is 0 Å². The highest BCUT2D eigenvalue weighted by Gasteiger charge is 2.18. The summed E-state index contributed by atoms with van der Waals surface area (Å²) in [5.74, 6) is 0. The molecule has 0 unspecified atom stereocenters. The van der Waals surface area contributed by atoms with Crippen molar-refractivity contribution in [2.24, 2.45) is 0 Å². The van der Waals surface area contributed by atoms with Crippen molar-refractivity contribution in [2.75, 3.05) is 0 Å². The monoisotopic (exact) mass is 606 g/mol. The minimum Gasteiger partial charge on any atom is -0.0616 e. The van der Waals surface area contributed by atoms with Gasteiger partial charge in [-0.2, -0.15) is 0 Å². The van der Waals surface area contributed by atoms with Crippen LogP contribution in [0.2, 0.25) is 0 Å². The highest BCUT2D eigenvalue weighted by atomic mass is 14.2. The fraction of sp³-hybridized carbons (Fsp3) is 0. The van der Waals surface area contributed by atoms with Gasteiger partial charge in [-0.15, -0.1) is 0 Å². The van der Waals surface area contributed by atoms with Gasteiger partial charge in [-0.25, -0.2) is 0 Å². The van der Waals surface area contributed by atoms with Crippen molar-refractivity contribution in [3.8, 4) is 33.4 Å². The number of benzene rings is 10. The van der Waals surface area contributed by atoms with Crippen LogP contribution < -0.4 is 0 Å². The molecule has 0 fully saturated rings. The van der Waals surface area contributed by atoms with E-state index in [4.69, 9.17) is 0 Å². The maximum Gasteiger partial charge on any atom is -0.00261 e. The van der Waals surface area contributed by atoms with Gasteiger partial charge in [-0.1, -0.05) is 170 Å². The van der Waals surface area contributed by atoms with E-state index in [-0.39, 0.29) is 0 Å². The summed E-state index contributed by atoms with van der Waals surface area (Å²) in [5, 5.41) is 15.4. The van der Waals surface area contributed by atoms with Crippen LogP contribution in [0.15, 0.2) is 182 Å². The van der Waals surface area contributed by atoms with Crippen LogP contribution in [-0.2, 0) is 0 Å². The zero-order valence-electron chi connectivity index (χ0n) is 26.3. The summed E-state index contributed by atoms with van der Waals surface area (Å²) in [6, 6.07) is 67.1. The predicted molar refractivity (Wildman–Crippen MR) is 208 cm³/mol. The first-order valence-electron chi connectivity index (χ1n) is 16.7. The van der Waals surface area contributed by atoms with Crippen molar-refractivity contribution in [3.63, 3.8) is 0 Å². The first-order chi connectivity index (χ1) is 23.8. The van der Waals surface area contributed by atoms with Crippen LogP contribution in [0.4, 0.5) is 0 Å². The van der Waals surface area contributed by atoms with Gasteiger partial charge in [-0.05, 0) is 110 Å². The third kappa shape index (κ3) is 4.03. The van der Waals surface area contributed by atoms with Gasteiger partial charge in [0.05, 0.1) is 0 Å². The van der Waals surface area contributed by atoms with E-state index in [2.05, 4.69) is 182 Å². The molecule has 0 heterocycles. The summed E-state index contributed by atoms with van der Waals surface area (Å²) in [5.41, 5.74) is 7.53. The van der Waals surface area contributed by atoms with Gasteiger partial charge in [0.25, 0.3) is 0 Å². The molecule has 10 rings (SSSR count). The highest BCUT2D eigenvalue weighted by Crippen LogP contribution is 2.46. The van der Waals surface area contributed by atoms with Gasteiger partial charge < -0.3 is 0 Å². The zero-order chi connectivity index (χ0) is 31.6. The Morgan fingerprint density at radius 2 is 0.604 bits per heavy atom. The molecule has 10 aromatic carbocycles. The lowest BCUT2D eigenvalue weighted by molar-refractivity contribution is 1.63. The molecule has 10 aromatic rings. The fourth-order valence-corrected chi connectivity index (χ4v) is 8.13. The fourth-order valence-electron chi connectivity index (χ4n) is 8.13. The Labute approximate surface area is 279 Å². The van der Waals surface area contributed by atoms with E-state index in [0.717, 1.165) is 0 Å². The summed E-state index contributed by atoms with van der Waals surface area (Å²) in [4.78, 5) is 0. The quantitative estimate of drug-likeness (QED) is 0.139. The molecule has 0 spiro atoms. The van der Waals surface area contributed by atoms with Gasteiger partial charge in [0.15, 0.2) is 0 Å². The molecule has 0 aliphatic heterocycles. The summed E-state index contributed by atoms with van der Waals surface area (Å²) in [6.07, 6.45) is 0. The molecule has 0 aromatic heterocycles. The van der Waals surface area contributed by atoms with Crippen LogP contribution in [0, 0.1) is 0 Å². The van der Waals surface area contributed by atoms with Crippen LogP contribution in [-0.4, -0.2) is 0 Å². The van der Waals surface area contributed by atoms with Crippen molar-refractivity contribution in [1.29, 1.82) is 0 Å². The van der Waals surface area contributed by atoms with Crippen molar-refractivity contribution in [2.45, 2.75) is 0 Å². The van der Waals surface area contributed by atoms with Crippen molar-refractivity contribution in [1.82, 2.24) is 0 Å². The zero-order valence-corrected chi connectivity index (χ0v) is 26.3. The number of rotatable bonds is 3. The molecule has 0 saturated heterocycles. The van der Waals surface area contributed by atoms with Crippen LogP contribution >= 0.6 is 0 Å². The maximum absolute atomic E-state index is 2.43. The summed E-state index contributed by atoms with van der Waals surface area (Å²) in [7, 11) is 0. The first kappa shape index (κ1) is 26.9. The lowest BCUT2D eigenvalue weighted by Crippen LogP contribution is -1.92. The Balaban J connectivity index is 1.26. The van der Waals surface area contributed by atoms with Gasteiger partial charge in [0, 0.05) is 0 Å². The Hall–Kier alpha value is -6.24. The molecule has 0 aliphatic rings. The molecule has 0 radical (unpaired) electrons. The maximum atomic E-state index is 2.43. The Morgan fingerprint density at radius 3 is 1.19 bits per heavy atom. The van der Waals surface area contributed by atoms with E-state index >= 15 is 0 Å². The van der Waals surface area contributed by atoms with E-state index in [1.165, 1.54) is 98.0 Å². The highest BCUT2D eigenvalue weighted by molar-refractivity contribution is 6.27. The Kier molecular flexibility index (Phi) is 5.98. The molecule has 0 amide bonds. The van der Waals surface area contributed by atoms with Crippen LogP contribution in [0.25, 0.3) is 98.0 Å². The molecule has 0 aliphatic carbocycles. The van der Waals surface area contributed by atoms with E-state index in [1.807, 2.05) is 0 Å². The van der Waals surface area contributed by atoms with Crippen molar-refractivity contribution >= 4 is 64.6 Å². The largest absolute Gasteiger partial charge is 0.0616 e. The Morgan fingerprint density at radius 1 is 0.208 bits per heavy atom. The molecule has 0 heteroatoms. The van der Waals surface area contributed by atoms with Gasteiger partial charge >= 0.3 is 0 Å². The molecule has 222 valence electrons. The Bertz CT molecular complexity index is 2790. The molecule has 48 heavy (non-hydrogen) atoms. The summed E-state index contributed by atoms with van der Waals surface area (Å²) < 4.78 is 0. The minimum atomic E-state index is 1.23. The lowest BCUT2D eigenvalue weighted by Gasteiger charge is -2.19. The van der Waals surface area contributed by atoms with Crippen LogP contribution in [0.3, 0.4) is 0 Å². The second-order valence-electron chi connectivity index (χ2n) is 12.8. The molecule has 0 atom stereocenters. The summed E-state index contributed by atoms with van der Waals surface area (Å²) >= 11 is 0. The topological polar surface area (TPSA) is 0 Å². The number of fused-ring (bicyclic) bond motifs is 9. The van der Waals surface area contributed by atoms with E-state index < -0.39 is 0 Å². The van der Waals surface area contributed by atoms with Gasteiger partial charge in [0.1, 0.15) is 0 Å². The lowest BCUT2D eigenvalue weighted by atomic mass is 9.84. The standard InChI is InChI=1S/C48H30/c1-2-17-35-31(13-1)14-12-26-36(35)32-15-11-16-33(29-32)47-42-22-7-9-24-44(42)48(45-25-10-8-23-43(45)47)34-27-28-41-39-20-4-3-18-37(39)38-19-5-6-21-40(38)46(41)30-34/h1-30H. The normalized spacial score (nSPS) is 11.8. The SMILES string of the molecule is c1cc(-c2cccc3ccccc23)cc(-c2c3ccccc3c(-c3ccc4c5ccccc5c5ccccc5c4c3)c3ccccc23)c1. The minimum absolute atomic E-state index is 1.23. The molecule has 0 bridgehead atoms. The molecule has 0 saturated carbocycles. The summed E-state index contributed by atoms with van der Waals surface area (Å²) in [6.45, 7) is 0. The second-order valence-corrected chi connectivity index (χ2v) is 12.8. The number of hydrogen-bond donors (Lipinski definition) is 0. The van der Waals surface area contributed by atoms with Crippen molar-refractivity contribution < 1.29 is 0 Å². The molecular formula is C48H30. The second kappa shape index (κ2) is 10.7. The van der Waals surface area contributed by atoms with Gasteiger partial charge in [-0.3, -0.25) is 0 Å². The van der Waals surface area contributed by atoms with E-state index in [0.29, 0.717) is 0 Å².